The lowest BCUT2D eigenvalue weighted by molar-refractivity contribution is -0.128. The number of nitrogens with zero attached hydrogens (tertiary/aromatic N) is 5. The summed E-state index contributed by atoms with van der Waals surface area (Å²) in [4.78, 5) is 14.1. The van der Waals surface area contributed by atoms with Gasteiger partial charge < -0.3 is 10.2 Å². The molecule has 8 heteroatoms. The van der Waals surface area contributed by atoms with E-state index in [1.807, 2.05) is 33.9 Å². The Morgan fingerprint density at radius 1 is 1.21 bits per heavy atom. The zero-order valence-corrected chi connectivity index (χ0v) is 13.7. The van der Waals surface area contributed by atoms with E-state index in [-0.39, 0.29) is 11.9 Å². The van der Waals surface area contributed by atoms with Gasteiger partial charge in [0, 0.05) is 30.0 Å². The molecule has 7 nitrogen and oxygen atoms in total. The van der Waals surface area contributed by atoms with E-state index in [0.29, 0.717) is 18.1 Å². The van der Waals surface area contributed by atoms with Gasteiger partial charge in [-0.25, -0.2) is 0 Å². The summed E-state index contributed by atoms with van der Waals surface area (Å²) >= 11 is 1.62. The molecule has 0 radical (unpaired) electrons. The molecule has 1 atom stereocenters. The van der Waals surface area contributed by atoms with Gasteiger partial charge in [0.05, 0.1) is 6.04 Å². The first-order chi connectivity index (χ1) is 11.8. The van der Waals surface area contributed by atoms with Crippen molar-refractivity contribution in [2.24, 2.45) is 0 Å². The van der Waals surface area contributed by atoms with E-state index in [1.54, 1.807) is 15.9 Å². The van der Waals surface area contributed by atoms with E-state index >= 15 is 0 Å². The fourth-order valence-electron chi connectivity index (χ4n) is 3.21. The average molecular weight is 340 g/mol. The van der Waals surface area contributed by atoms with Crippen molar-refractivity contribution in [3.05, 3.63) is 29.0 Å². The molecule has 2 fully saturated rings. The normalized spacial score (nSPS) is 20.9. The van der Waals surface area contributed by atoms with Crippen LogP contribution in [0.5, 0.6) is 0 Å². The van der Waals surface area contributed by atoms with E-state index in [2.05, 4.69) is 20.6 Å². The van der Waals surface area contributed by atoms with E-state index in [1.165, 1.54) is 0 Å². The van der Waals surface area contributed by atoms with E-state index in [0.717, 1.165) is 36.6 Å². The van der Waals surface area contributed by atoms with Crippen molar-refractivity contribution >= 4 is 28.7 Å². The molecule has 5 rings (SSSR count). The summed E-state index contributed by atoms with van der Waals surface area (Å²) in [5.74, 6) is 1.73. The number of carbonyl (C=O) groups is 1. The minimum Gasteiger partial charge on any atom is -0.364 e. The van der Waals surface area contributed by atoms with Crippen LogP contribution in [0.25, 0.3) is 17.0 Å². The third-order valence-corrected chi connectivity index (χ3v) is 5.22. The van der Waals surface area contributed by atoms with Crippen molar-refractivity contribution < 1.29 is 4.79 Å². The lowest BCUT2D eigenvalue weighted by atomic mass is 10.2. The van der Waals surface area contributed by atoms with Crippen LogP contribution in [0.3, 0.4) is 0 Å². The lowest BCUT2D eigenvalue weighted by Gasteiger charge is -2.16. The molecule has 1 unspecified atom stereocenters. The van der Waals surface area contributed by atoms with E-state index < -0.39 is 0 Å². The Kier molecular flexibility index (Phi) is 3.05. The second-order valence-electron chi connectivity index (χ2n) is 6.35. The van der Waals surface area contributed by atoms with Crippen LogP contribution in [-0.2, 0) is 4.79 Å². The molecule has 1 saturated heterocycles. The molecule has 122 valence electrons. The highest BCUT2D eigenvalue weighted by molar-refractivity contribution is 7.08. The molecule has 1 amide bonds. The second kappa shape index (κ2) is 5.27. The summed E-state index contributed by atoms with van der Waals surface area (Å²) in [6, 6.07) is 6.39. The van der Waals surface area contributed by atoms with Crippen LogP contribution < -0.4 is 5.32 Å². The molecular weight excluding hydrogens is 324 g/mol. The second-order valence-corrected chi connectivity index (χ2v) is 7.13. The van der Waals surface area contributed by atoms with Crippen molar-refractivity contribution in [1.82, 2.24) is 24.7 Å². The third kappa shape index (κ3) is 2.34. The highest BCUT2D eigenvalue weighted by Crippen LogP contribution is 2.31. The smallest absolute Gasteiger partial charge is 0.225 e. The van der Waals surface area contributed by atoms with Crippen LogP contribution in [0.1, 0.15) is 19.3 Å². The van der Waals surface area contributed by atoms with Gasteiger partial charge >= 0.3 is 0 Å². The monoisotopic (exact) mass is 340 g/mol. The quantitative estimate of drug-likeness (QED) is 0.786. The van der Waals surface area contributed by atoms with Gasteiger partial charge in [-0.2, -0.15) is 15.9 Å². The first kappa shape index (κ1) is 13.9. The highest BCUT2D eigenvalue weighted by Gasteiger charge is 2.39. The maximum atomic E-state index is 12.1. The van der Waals surface area contributed by atoms with E-state index in [4.69, 9.17) is 0 Å². The Labute approximate surface area is 142 Å². The minimum atomic E-state index is 0.115. The van der Waals surface area contributed by atoms with Crippen molar-refractivity contribution in [3.8, 4) is 11.4 Å². The number of likely N-dealkylation sites (tertiary alicyclic amines) is 1. The fourth-order valence-corrected chi connectivity index (χ4v) is 3.85. The summed E-state index contributed by atoms with van der Waals surface area (Å²) in [5, 5.41) is 20.5. The number of anilines is 1. The summed E-state index contributed by atoms with van der Waals surface area (Å²) in [6.45, 7) is 0.767. The number of hydrogen-bond donors (Lipinski definition) is 1. The Balaban J connectivity index is 1.41. The molecule has 1 saturated carbocycles. The van der Waals surface area contributed by atoms with Gasteiger partial charge in [0.2, 0.25) is 5.91 Å². The maximum Gasteiger partial charge on any atom is 0.225 e. The SMILES string of the molecule is O=C1CC(Nc2ccc3nnc(-c4ccsc4)n3n2)CN1C1CC1. The molecule has 1 aliphatic carbocycles. The lowest BCUT2D eigenvalue weighted by Crippen LogP contribution is -2.30. The molecule has 3 aromatic rings. The van der Waals surface area contributed by atoms with E-state index in [9.17, 15) is 4.79 Å². The zero-order valence-electron chi connectivity index (χ0n) is 12.9. The first-order valence-corrected chi connectivity index (χ1v) is 9.03. The molecule has 1 aliphatic heterocycles. The van der Waals surface area contributed by atoms with Crippen LogP contribution >= 0.6 is 11.3 Å². The van der Waals surface area contributed by atoms with Gasteiger partial charge in [-0.3, -0.25) is 4.79 Å². The van der Waals surface area contributed by atoms with Gasteiger partial charge in [-0.1, -0.05) is 0 Å². The highest BCUT2D eigenvalue weighted by atomic mass is 32.1. The third-order valence-electron chi connectivity index (χ3n) is 4.54. The molecule has 24 heavy (non-hydrogen) atoms. The number of rotatable bonds is 4. The number of hydrogen-bond acceptors (Lipinski definition) is 6. The summed E-state index contributed by atoms with van der Waals surface area (Å²) in [7, 11) is 0. The Hall–Kier alpha value is -2.48. The van der Waals surface area contributed by atoms with Gasteiger partial charge in [-0.15, -0.1) is 15.3 Å². The van der Waals surface area contributed by atoms with Crippen molar-refractivity contribution in [2.45, 2.75) is 31.3 Å². The molecule has 0 aromatic carbocycles. The minimum absolute atomic E-state index is 0.115. The Morgan fingerprint density at radius 3 is 2.92 bits per heavy atom. The molecule has 2 aliphatic rings. The van der Waals surface area contributed by atoms with Crippen LogP contribution in [0, 0.1) is 0 Å². The van der Waals surface area contributed by atoms with Crippen LogP contribution in [0.4, 0.5) is 5.82 Å². The predicted molar refractivity (Wildman–Crippen MR) is 90.9 cm³/mol. The van der Waals surface area contributed by atoms with Crippen molar-refractivity contribution in [1.29, 1.82) is 0 Å². The topological polar surface area (TPSA) is 75.4 Å². The van der Waals surface area contributed by atoms with Gasteiger partial charge in [-0.05, 0) is 36.4 Å². The summed E-state index contributed by atoms with van der Waals surface area (Å²) in [6.07, 6.45) is 2.83. The zero-order chi connectivity index (χ0) is 16.1. The van der Waals surface area contributed by atoms with Crippen LogP contribution in [0.15, 0.2) is 29.0 Å². The Bertz CT molecular complexity index is 901. The van der Waals surface area contributed by atoms with Crippen LogP contribution in [-0.4, -0.2) is 49.2 Å². The maximum absolute atomic E-state index is 12.1. The predicted octanol–water partition coefficient (Wildman–Crippen LogP) is 2.03. The molecular formula is C16H16N6OS. The number of amides is 1. The fraction of sp³-hybridized carbons (Fsp3) is 0.375. The molecule has 3 aromatic heterocycles. The number of nitrogens with one attached hydrogen (secondary N) is 1. The first-order valence-electron chi connectivity index (χ1n) is 8.09. The standard InChI is InChI=1S/C16H16N6OS/c23-15-7-11(8-21(15)12-1-2-12)17-13-3-4-14-18-19-16(22(14)20-13)10-5-6-24-9-10/h3-6,9,11-12H,1-2,7-8H2,(H,17,20). The van der Waals surface area contributed by atoms with Crippen molar-refractivity contribution in [3.63, 3.8) is 0 Å². The number of aromatic nitrogens is 4. The van der Waals surface area contributed by atoms with Gasteiger partial charge in [0.1, 0.15) is 5.82 Å². The van der Waals surface area contributed by atoms with Crippen LogP contribution in [0.2, 0.25) is 0 Å². The van der Waals surface area contributed by atoms with Crippen molar-refractivity contribution in [2.75, 3.05) is 11.9 Å². The number of thiophene rings is 1. The largest absolute Gasteiger partial charge is 0.364 e. The molecule has 0 spiro atoms. The molecule has 0 bridgehead atoms. The summed E-state index contributed by atoms with van der Waals surface area (Å²) < 4.78 is 1.75. The Morgan fingerprint density at radius 2 is 2.12 bits per heavy atom. The van der Waals surface area contributed by atoms with Gasteiger partial charge in [0.15, 0.2) is 11.5 Å². The number of fused-ring (bicyclic) bond motifs is 1. The average Bonchev–Trinajstić information content (AvgIpc) is 2.98. The van der Waals surface area contributed by atoms with Gasteiger partial charge in [0.25, 0.3) is 0 Å². The summed E-state index contributed by atoms with van der Waals surface area (Å²) in [5.41, 5.74) is 1.72. The molecule has 4 heterocycles. The molecule has 1 N–H and O–H groups in total. The number of carbonyl (C=O) groups excluding carboxylic acids is 1.